The summed E-state index contributed by atoms with van der Waals surface area (Å²) < 4.78 is 4.92. The van der Waals surface area contributed by atoms with Crippen LogP contribution in [0, 0.1) is 0 Å². The van der Waals surface area contributed by atoms with Crippen molar-refractivity contribution in [1.29, 1.82) is 0 Å². The Morgan fingerprint density at radius 1 is 1.24 bits per heavy atom. The van der Waals surface area contributed by atoms with Crippen molar-refractivity contribution in [2.45, 2.75) is 19.3 Å². The van der Waals surface area contributed by atoms with Crippen LogP contribution in [0.1, 0.15) is 18.4 Å². The molecule has 0 spiro atoms. The third-order valence-corrected chi connectivity index (χ3v) is 2.31. The van der Waals surface area contributed by atoms with Crippen molar-refractivity contribution in [2.24, 2.45) is 0 Å². The second kappa shape index (κ2) is 8.58. The fourth-order valence-corrected chi connectivity index (χ4v) is 1.38. The molecule has 0 aliphatic heterocycles. The number of ether oxygens (including phenoxy) is 1. The second-order valence-electron chi connectivity index (χ2n) is 3.73. The molecule has 1 aromatic carbocycles. The molecule has 0 bridgehead atoms. The minimum Gasteiger partial charge on any atom is -0.450 e. The van der Waals surface area contributed by atoms with Gasteiger partial charge in [0.1, 0.15) is 0 Å². The van der Waals surface area contributed by atoms with E-state index in [9.17, 15) is 4.79 Å². The summed E-state index contributed by atoms with van der Waals surface area (Å²) in [4.78, 5) is 11.2. The van der Waals surface area contributed by atoms with Crippen molar-refractivity contribution in [2.75, 3.05) is 19.8 Å². The smallest absolute Gasteiger partial charge is 0.407 e. The third kappa shape index (κ3) is 6.58. The minimum atomic E-state index is -0.390. The average molecular weight is 237 g/mol. The lowest BCUT2D eigenvalue weighted by molar-refractivity contribution is 0.141. The number of aliphatic hydroxyl groups excluding tert-OH is 1. The summed E-state index contributed by atoms with van der Waals surface area (Å²) in [6.07, 6.45) is 1.77. The molecule has 94 valence electrons. The summed E-state index contributed by atoms with van der Waals surface area (Å²) in [5, 5.41) is 11.2. The first-order chi connectivity index (χ1) is 8.33. The molecule has 1 amide bonds. The molecule has 0 unspecified atom stereocenters. The molecule has 2 N–H and O–H groups in total. The fourth-order valence-electron chi connectivity index (χ4n) is 1.38. The Balaban J connectivity index is 2.04. The van der Waals surface area contributed by atoms with Gasteiger partial charge in [-0.1, -0.05) is 30.3 Å². The van der Waals surface area contributed by atoms with Crippen molar-refractivity contribution < 1.29 is 14.6 Å². The number of benzene rings is 1. The Morgan fingerprint density at radius 3 is 2.71 bits per heavy atom. The van der Waals surface area contributed by atoms with Gasteiger partial charge in [-0.25, -0.2) is 4.79 Å². The second-order valence-corrected chi connectivity index (χ2v) is 3.73. The molecule has 0 aliphatic carbocycles. The van der Waals surface area contributed by atoms with Crippen molar-refractivity contribution in [3.63, 3.8) is 0 Å². The number of unbranched alkanes of at least 4 members (excludes halogenated alkanes) is 1. The van der Waals surface area contributed by atoms with Gasteiger partial charge in [0.05, 0.1) is 6.61 Å². The first-order valence-corrected chi connectivity index (χ1v) is 5.88. The molecule has 0 saturated heterocycles. The zero-order valence-electron chi connectivity index (χ0n) is 9.89. The van der Waals surface area contributed by atoms with E-state index < -0.39 is 0 Å². The number of carbonyl (C=O) groups excluding carboxylic acids is 1. The topological polar surface area (TPSA) is 58.6 Å². The molecule has 0 aliphatic rings. The van der Waals surface area contributed by atoms with E-state index >= 15 is 0 Å². The van der Waals surface area contributed by atoms with Gasteiger partial charge in [-0.05, 0) is 24.8 Å². The number of hydrogen-bond acceptors (Lipinski definition) is 3. The number of amides is 1. The van der Waals surface area contributed by atoms with Crippen LogP contribution in [0.2, 0.25) is 0 Å². The van der Waals surface area contributed by atoms with Crippen molar-refractivity contribution in [3.8, 4) is 0 Å². The van der Waals surface area contributed by atoms with Crippen molar-refractivity contribution in [3.05, 3.63) is 35.9 Å². The molecule has 0 aromatic heterocycles. The molecular weight excluding hydrogens is 218 g/mol. The number of alkyl carbamates (subject to hydrolysis) is 1. The minimum absolute atomic E-state index is 0.138. The van der Waals surface area contributed by atoms with Crippen LogP contribution in [0.25, 0.3) is 0 Å². The highest BCUT2D eigenvalue weighted by molar-refractivity contribution is 5.67. The maximum atomic E-state index is 11.2. The van der Waals surface area contributed by atoms with Crippen molar-refractivity contribution in [1.82, 2.24) is 5.32 Å². The van der Waals surface area contributed by atoms with Gasteiger partial charge >= 0.3 is 6.09 Å². The molecule has 1 aromatic rings. The van der Waals surface area contributed by atoms with Crippen LogP contribution in [0.15, 0.2) is 30.3 Å². The molecule has 4 nitrogen and oxygen atoms in total. The van der Waals surface area contributed by atoms with E-state index in [2.05, 4.69) is 5.32 Å². The van der Waals surface area contributed by atoms with Crippen LogP contribution in [-0.2, 0) is 11.2 Å². The summed E-state index contributed by atoms with van der Waals surface area (Å²) in [7, 11) is 0. The van der Waals surface area contributed by atoms with Crippen LogP contribution in [0.3, 0.4) is 0 Å². The van der Waals surface area contributed by atoms with E-state index in [0.29, 0.717) is 26.0 Å². The molecular formula is C13H19NO3. The molecule has 0 radical (unpaired) electrons. The Hall–Kier alpha value is -1.55. The molecule has 4 heteroatoms. The van der Waals surface area contributed by atoms with Gasteiger partial charge in [0, 0.05) is 13.2 Å². The molecule has 0 heterocycles. The number of rotatable bonds is 7. The van der Waals surface area contributed by atoms with E-state index in [1.807, 2.05) is 30.3 Å². The molecule has 0 fully saturated rings. The van der Waals surface area contributed by atoms with Gasteiger partial charge in [0.25, 0.3) is 0 Å². The van der Waals surface area contributed by atoms with Gasteiger partial charge in [0.15, 0.2) is 0 Å². The Labute approximate surface area is 102 Å². The Morgan fingerprint density at radius 2 is 2.00 bits per heavy atom. The van der Waals surface area contributed by atoms with E-state index in [1.165, 1.54) is 5.56 Å². The molecule has 0 atom stereocenters. The van der Waals surface area contributed by atoms with Gasteiger partial charge < -0.3 is 15.2 Å². The van der Waals surface area contributed by atoms with E-state index in [0.717, 1.165) is 6.42 Å². The first-order valence-electron chi connectivity index (χ1n) is 5.88. The largest absolute Gasteiger partial charge is 0.450 e. The monoisotopic (exact) mass is 237 g/mol. The van der Waals surface area contributed by atoms with Crippen LogP contribution in [-0.4, -0.2) is 31.0 Å². The van der Waals surface area contributed by atoms with E-state index in [4.69, 9.17) is 9.84 Å². The number of aliphatic hydroxyl groups is 1. The summed E-state index contributed by atoms with van der Waals surface area (Å²) in [5.41, 5.74) is 1.19. The summed E-state index contributed by atoms with van der Waals surface area (Å²) in [6.45, 7) is 1.07. The lowest BCUT2D eigenvalue weighted by atomic mass is 10.1. The van der Waals surface area contributed by atoms with Gasteiger partial charge in [-0.2, -0.15) is 0 Å². The van der Waals surface area contributed by atoms with Crippen LogP contribution in [0.4, 0.5) is 4.79 Å². The zero-order valence-corrected chi connectivity index (χ0v) is 9.89. The fraction of sp³-hybridized carbons (Fsp3) is 0.462. The number of hydrogen-bond donors (Lipinski definition) is 2. The predicted octanol–water partition coefficient (Wildman–Crippen LogP) is 1.73. The van der Waals surface area contributed by atoms with E-state index in [1.54, 1.807) is 0 Å². The van der Waals surface area contributed by atoms with Crippen LogP contribution < -0.4 is 5.32 Å². The van der Waals surface area contributed by atoms with Gasteiger partial charge in [-0.15, -0.1) is 0 Å². The van der Waals surface area contributed by atoms with Gasteiger partial charge in [0.2, 0.25) is 0 Å². The highest BCUT2D eigenvalue weighted by Crippen LogP contribution is 1.98. The first kappa shape index (κ1) is 13.5. The summed E-state index contributed by atoms with van der Waals surface area (Å²) >= 11 is 0. The third-order valence-electron chi connectivity index (χ3n) is 2.31. The predicted molar refractivity (Wildman–Crippen MR) is 65.8 cm³/mol. The standard InChI is InChI=1S/C13H19NO3/c15-10-4-5-11-17-13(16)14-9-8-12-6-2-1-3-7-12/h1-3,6-7,15H,4-5,8-11H2,(H,14,16). The maximum absolute atomic E-state index is 11.2. The zero-order chi connectivity index (χ0) is 12.3. The Bertz CT molecular complexity index is 314. The Kier molecular flexibility index (Phi) is 6.82. The normalized spacial score (nSPS) is 9.94. The average Bonchev–Trinajstić information content (AvgIpc) is 2.36. The molecule has 17 heavy (non-hydrogen) atoms. The maximum Gasteiger partial charge on any atom is 0.407 e. The lowest BCUT2D eigenvalue weighted by Gasteiger charge is -2.06. The number of nitrogens with one attached hydrogen (secondary N) is 1. The highest BCUT2D eigenvalue weighted by Gasteiger charge is 2.00. The summed E-state index contributed by atoms with van der Waals surface area (Å²) in [6, 6.07) is 9.96. The van der Waals surface area contributed by atoms with Gasteiger partial charge in [-0.3, -0.25) is 0 Å². The SMILES string of the molecule is O=C(NCCc1ccccc1)OCCCCO. The lowest BCUT2D eigenvalue weighted by Crippen LogP contribution is -2.26. The van der Waals surface area contributed by atoms with Crippen molar-refractivity contribution >= 4 is 6.09 Å². The van der Waals surface area contributed by atoms with Crippen LogP contribution >= 0.6 is 0 Å². The summed E-state index contributed by atoms with van der Waals surface area (Å²) in [5.74, 6) is 0. The van der Waals surface area contributed by atoms with Crippen LogP contribution in [0.5, 0.6) is 0 Å². The number of carbonyl (C=O) groups is 1. The molecule has 0 saturated carbocycles. The highest BCUT2D eigenvalue weighted by atomic mass is 16.5. The molecule has 1 rings (SSSR count). The quantitative estimate of drug-likeness (QED) is 0.710. The van der Waals surface area contributed by atoms with E-state index in [-0.39, 0.29) is 12.7 Å².